The topological polar surface area (TPSA) is 56.8 Å². The average Bonchev–Trinajstić information content (AvgIpc) is 2.82. The Kier molecular flexibility index (Phi) is 9.70. The zero-order valence-electron chi connectivity index (χ0n) is 17.0. The molecule has 1 rings (SSSR count). The van der Waals surface area contributed by atoms with Crippen LogP contribution < -0.4 is 5.09 Å². The van der Waals surface area contributed by atoms with E-state index in [2.05, 4.69) is 32.8 Å². The standard InChI is InChI=1S/C18H37BNO4P/c1-12(2)15(6)8-14(5)10-23-25(7,21)20-16-9-18(19)24-17(16)11-22-13(3)4/h12-18H,8-11H2,1-7H3,(H,20,21). The first-order chi connectivity index (χ1) is 11.5. The van der Waals surface area contributed by atoms with Crippen LogP contribution in [0.2, 0.25) is 0 Å². The Hall–Kier alpha value is 0.135. The molecule has 6 atom stereocenters. The molecular weight excluding hydrogens is 336 g/mol. The summed E-state index contributed by atoms with van der Waals surface area (Å²) >= 11 is 0. The van der Waals surface area contributed by atoms with Crippen LogP contribution in [0.4, 0.5) is 0 Å². The molecule has 0 spiro atoms. The second kappa shape index (κ2) is 10.5. The van der Waals surface area contributed by atoms with Gasteiger partial charge in [-0.3, -0.25) is 4.57 Å². The molecule has 6 unspecified atom stereocenters. The van der Waals surface area contributed by atoms with Gasteiger partial charge in [-0.1, -0.05) is 27.7 Å². The van der Waals surface area contributed by atoms with Crippen LogP contribution in [0.5, 0.6) is 0 Å². The summed E-state index contributed by atoms with van der Waals surface area (Å²) in [7, 11) is 2.98. The summed E-state index contributed by atoms with van der Waals surface area (Å²) in [5.74, 6) is 1.64. The largest absolute Gasteiger partial charge is 0.381 e. The second-order valence-electron chi connectivity index (χ2n) is 8.27. The van der Waals surface area contributed by atoms with E-state index in [4.69, 9.17) is 21.8 Å². The lowest BCUT2D eigenvalue weighted by Gasteiger charge is -2.26. The van der Waals surface area contributed by atoms with Crippen LogP contribution in [-0.2, 0) is 18.6 Å². The normalized spacial score (nSPS) is 29.1. The number of hydrogen-bond acceptors (Lipinski definition) is 4. The predicted octanol–water partition coefficient (Wildman–Crippen LogP) is 3.81. The Morgan fingerprint density at radius 3 is 2.44 bits per heavy atom. The highest BCUT2D eigenvalue weighted by molar-refractivity contribution is 7.56. The van der Waals surface area contributed by atoms with E-state index in [1.165, 1.54) is 0 Å². The van der Waals surface area contributed by atoms with Gasteiger partial charge in [-0.25, -0.2) is 5.09 Å². The first-order valence-electron chi connectivity index (χ1n) is 9.52. The number of nitrogens with one attached hydrogen (secondary N) is 1. The quantitative estimate of drug-likeness (QED) is 0.441. The van der Waals surface area contributed by atoms with Gasteiger partial charge in [-0.15, -0.1) is 0 Å². The third kappa shape index (κ3) is 9.06. The van der Waals surface area contributed by atoms with Crippen molar-refractivity contribution >= 4 is 15.4 Å². The van der Waals surface area contributed by atoms with Crippen molar-refractivity contribution in [3.05, 3.63) is 0 Å². The van der Waals surface area contributed by atoms with Crippen molar-refractivity contribution < 1.29 is 18.6 Å². The highest BCUT2D eigenvalue weighted by atomic mass is 31.2. The van der Waals surface area contributed by atoms with Gasteiger partial charge in [0, 0.05) is 18.7 Å². The van der Waals surface area contributed by atoms with E-state index in [9.17, 15) is 4.57 Å². The summed E-state index contributed by atoms with van der Waals surface area (Å²) < 4.78 is 29.9. The Morgan fingerprint density at radius 2 is 1.88 bits per heavy atom. The fourth-order valence-corrected chi connectivity index (χ4v) is 4.43. The molecule has 5 nitrogen and oxygen atoms in total. The van der Waals surface area contributed by atoms with E-state index < -0.39 is 7.52 Å². The van der Waals surface area contributed by atoms with Crippen LogP contribution in [0.15, 0.2) is 0 Å². The molecule has 1 heterocycles. The van der Waals surface area contributed by atoms with E-state index in [1.54, 1.807) is 6.66 Å². The molecule has 146 valence electrons. The smallest absolute Gasteiger partial charge is 0.267 e. The maximum Gasteiger partial charge on any atom is 0.267 e. The van der Waals surface area contributed by atoms with E-state index in [1.807, 2.05) is 13.8 Å². The van der Waals surface area contributed by atoms with Gasteiger partial charge in [-0.2, -0.15) is 0 Å². The number of hydrogen-bond donors (Lipinski definition) is 1. The predicted molar refractivity (Wildman–Crippen MR) is 104 cm³/mol. The number of rotatable bonds is 11. The molecule has 0 amide bonds. The molecule has 0 aromatic heterocycles. The molecule has 0 aromatic carbocycles. The van der Waals surface area contributed by atoms with Gasteiger partial charge in [-0.05, 0) is 44.4 Å². The summed E-state index contributed by atoms with van der Waals surface area (Å²) in [4.78, 5) is 0. The van der Waals surface area contributed by atoms with E-state index in [-0.39, 0.29) is 24.3 Å². The lowest BCUT2D eigenvalue weighted by molar-refractivity contribution is -0.0209. The van der Waals surface area contributed by atoms with Crippen molar-refractivity contribution in [3.8, 4) is 0 Å². The summed E-state index contributed by atoms with van der Waals surface area (Å²) in [6.45, 7) is 15.4. The number of ether oxygens (including phenoxy) is 2. The molecule has 1 N–H and O–H groups in total. The van der Waals surface area contributed by atoms with Crippen LogP contribution in [0.25, 0.3) is 0 Å². The van der Waals surface area contributed by atoms with Crippen molar-refractivity contribution in [2.24, 2.45) is 17.8 Å². The molecule has 1 aliphatic rings. The Morgan fingerprint density at radius 1 is 1.24 bits per heavy atom. The molecule has 2 radical (unpaired) electrons. The third-order valence-corrected chi connectivity index (χ3v) is 6.24. The lowest BCUT2D eigenvalue weighted by Crippen LogP contribution is -2.38. The molecule has 7 heteroatoms. The highest BCUT2D eigenvalue weighted by Gasteiger charge is 2.36. The van der Waals surface area contributed by atoms with Gasteiger partial charge >= 0.3 is 0 Å². The maximum atomic E-state index is 12.8. The highest BCUT2D eigenvalue weighted by Crippen LogP contribution is 2.41. The van der Waals surface area contributed by atoms with Gasteiger partial charge in [0.05, 0.1) is 25.4 Å². The van der Waals surface area contributed by atoms with Crippen LogP contribution in [0.3, 0.4) is 0 Å². The zero-order chi connectivity index (χ0) is 19.2. The van der Waals surface area contributed by atoms with Crippen LogP contribution in [-0.4, -0.2) is 52.0 Å². The lowest BCUT2D eigenvalue weighted by atomic mass is 9.89. The van der Waals surface area contributed by atoms with Crippen LogP contribution in [0, 0.1) is 17.8 Å². The van der Waals surface area contributed by atoms with Gasteiger partial charge in [0.1, 0.15) is 7.85 Å². The summed E-state index contributed by atoms with van der Waals surface area (Å²) in [6, 6.07) is -0.474. The summed E-state index contributed by atoms with van der Waals surface area (Å²) in [5, 5.41) is 3.14. The van der Waals surface area contributed by atoms with Gasteiger partial charge in [0.2, 0.25) is 0 Å². The van der Waals surface area contributed by atoms with Gasteiger partial charge in [0.25, 0.3) is 7.52 Å². The molecule has 0 aromatic rings. The molecular formula is C18H37BNO4P. The molecule has 25 heavy (non-hydrogen) atoms. The summed E-state index contributed by atoms with van der Waals surface area (Å²) in [5.41, 5.74) is 0. The summed E-state index contributed by atoms with van der Waals surface area (Å²) in [6.07, 6.45) is 1.59. The second-order valence-corrected chi connectivity index (χ2v) is 10.5. The van der Waals surface area contributed by atoms with E-state index in [0.717, 1.165) is 6.42 Å². The van der Waals surface area contributed by atoms with Crippen molar-refractivity contribution in [1.29, 1.82) is 0 Å². The molecule has 1 aliphatic heterocycles. The van der Waals surface area contributed by atoms with Crippen LogP contribution >= 0.6 is 7.52 Å². The average molecular weight is 373 g/mol. The Balaban J connectivity index is 2.48. The molecule has 0 aliphatic carbocycles. The fraction of sp³-hybridized carbons (Fsp3) is 1.00. The Labute approximate surface area is 155 Å². The van der Waals surface area contributed by atoms with Crippen molar-refractivity contribution in [2.75, 3.05) is 19.9 Å². The zero-order valence-corrected chi connectivity index (χ0v) is 17.9. The Bertz CT molecular complexity index is 435. The van der Waals surface area contributed by atoms with Crippen molar-refractivity contribution in [1.82, 2.24) is 5.09 Å². The van der Waals surface area contributed by atoms with Crippen molar-refractivity contribution in [3.63, 3.8) is 0 Å². The first-order valence-corrected chi connectivity index (χ1v) is 11.6. The van der Waals surface area contributed by atoms with Crippen LogP contribution in [0.1, 0.15) is 54.4 Å². The minimum Gasteiger partial charge on any atom is -0.381 e. The maximum absolute atomic E-state index is 12.8. The van der Waals surface area contributed by atoms with Gasteiger partial charge in [0.15, 0.2) is 0 Å². The van der Waals surface area contributed by atoms with E-state index in [0.29, 0.717) is 37.4 Å². The minimum atomic E-state index is -2.92. The fourth-order valence-electron chi connectivity index (χ4n) is 2.94. The molecule has 1 saturated heterocycles. The van der Waals surface area contributed by atoms with Gasteiger partial charge < -0.3 is 14.0 Å². The monoisotopic (exact) mass is 373 g/mol. The molecule has 0 bridgehead atoms. The van der Waals surface area contributed by atoms with Crippen molar-refractivity contribution in [2.45, 2.75) is 78.6 Å². The third-order valence-electron chi connectivity index (χ3n) is 4.80. The molecule has 0 saturated carbocycles. The van der Waals surface area contributed by atoms with E-state index >= 15 is 0 Å². The SMILES string of the molecule is [B]C1CC(NP(C)(=O)OCC(C)CC(C)C(C)C)C(COC(C)C)O1. The molecule has 1 fully saturated rings. The first kappa shape index (κ1) is 23.2. The minimum absolute atomic E-state index is 0.116.